The molecule has 1 aliphatic rings. The number of carbonyl (C=O) groups excluding carboxylic acids is 2. The Morgan fingerprint density at radius 1 is 1.56 bits per heavy atom. The van der Waals surface area contributed by atoms with E-state index in [9.17, 15) is 9.59 Å². The lowest BCUT2D eigenvalue weighted by atomic mass is 10.2. The predicted octanol–water partition coefficient (Wildman–Crippen LogP) is 2.57. The lowest BCUT2D eigenvalue weighted by Crippen LogP contribution is -2.43. The highest BCUT2D eigenvalue weighted by Crippen LogP contribution is 2.27. The molecule has 1 fully saturated rings. The molecule has 0 radical (unpaired) electrons. The third kappa shape index (κ3) is 2.76. The van der Waals surface area contributed by atoms with Gasteiger partial charge in [0.2, 0.25) is 0 Å². The summed E-state index contributed by atoms with van der Waals surface area (Å²) in [5.41, 5.74) is 0. The Bertz CT molecular complexity index is 463. The average molecular weight is 289 g/mol. The molecule has 1 aromatic heterocycles. The van der Waals surface area contributed by atoms with E-state index >= 15 is 0 Å². The first kappa shape index (κ1) is 13.2. The number of nitrogens with one attached hydrogen (secondary N) is 1. The van der Waals surface area contributed by atoms with Crippen LogP contribution in [-0.2, 0) is 9.53 Å². The maximum atomic E-state index is 12.0. The van der Waals surface area contributed by atoms with Gasteiger partial charge in [0.15, 0.2) is 0 Å². The van der Waals surface area contributed by atoms with Gasteiger partial charge in [-0.15, -0.1) is 11.3 Å². The lowest BCUT2D eigenvalue weighted by molar-refractivity contribution is -0.144. The third-order valence-corrected chi connectivity index (χ3v) is 3.94. The van der Waals surface area contributed by atoms with Crippen molar-refractivity contribution in [2.24, 2.45) is 0 Å². The number of hydrogen-bond acceptors (Lipinski definition) is 4. The summed E-state index contributed by atoms with van der Waals surface area (Å²) in [6, 6.07) is 2.67. The highest BCUT2D eigenvalue weighted by molar-refractivity contribution is 7.20. The second kappa shape index (κ2) is 5.58. The number of carbonyl (C=O) groups is 2. The van der Waals surface area contributed by atoms with Gasteiger partial charge < -0.3 is 9.64 Å². The van der Waals surface area contributed by atoms with Crippen LogP contribution < -0.4 is 5.32 Å². The van der Waals surface area contributed by atoms with E-state index in [1.54, 1.807) is 12.1 Å². The number of nitrogens with zero attached hydrogens (tertiary/aromatic N) is 1. The average Bonchev–Trinajstić information content (AvgIpc) is 2.97. The number of thiophene rings is 1. The van der Waals surface area contributed by atoms with Crippen molar-refractivity contribution in [2.75, 3.05) is 19.0 Å². The lowest BCUT2D eigenvalue weighted by Gasteiger charge is -2.22. The Morgan fingerprint density at radius 3 is 2.94 bits per heavy atom. The fraction of sp³-hybridized carbons (Fsp3) is 0.455. The van der Waals surface area contributed by atoms with Crippen LogP contribution in [0.25, 0.3) is 0 Å². The minimum atomic E-state index is -0.481. The van der Waals surface area contributed by atoms with E-state index in [0.29, 0.717) is 22.3 Å². The zero-order chi connectivity index (χ0) is 13.1. The molecule has 0 bridgehead atoms. The molecule has 1 aromatic rings. The molecule has 1 N–H and O–H groups in total. The number of hydrogen-bond donors (Lipinski definition) is 1. The number of methoxy groups -OCH3 is 1. The third-order valence-electron chi connectivity index (χ3n) is 2.79. The summed E-state index contributed by atoms with van der Waals surface area (Å²) in [7, 11) is 1.33. The van der Waals surface area contributed by atoms with Gasteiger partial charge in [-0.2, -0.15) is 0 Å². The zero-order valence-electron chi connectivity index (χ0n) is 9.81. The predicted molar refractivity (Wildman–Crippen MR) is 70.1 cm³/mol. The van der Waals surface area contributed by atoms with E-state index in [1.165, 1.54) is 23.3 Å². The van der Waals surface area contributed by atoms with E-state index < -0.39 is 6.04 Å². The molecule has 1 aliphatic heterocycles. The van der Waals surface area contributed by atoms with Gasteiger partial charge in [-0.3, -0.25) is 5.32 Å². The highest BCUT2D eigenvalue weighted by Gasteiger charge is 2.34. The van der Waals surface area contributed by atoms with Crippen LogP contribution in [0.2, 0.25) is 4.34 Å². The summed E-state index contributed by atoms with van der Waals surface area (Å²) >= 11 is 7.07. The molecule has 0 saturated carbocycles. The molecular formula is C11H13ClN2O3S. The molecule has 2 rings (SSSR count). The number of anilines is 1. The minimum absolute atomic E-state index is 0.290. The van der Waals surface area contributed by atoms with Gasteiger partial charge in [0, 0.05) is 6.54 Å². The first-order valence-electron chi connectivity index (χ1n) is 5.52. The van der Waals surface area contributed by atoms with Crippen LogP contribution in [0.1, 0.15) is 12.8 Å². The van der Waals surface area contributed by atoms with Crippen LogP contribution in [0.5, 0.6) is 0 Å². The van der Waals surface area contributed by atoms with Crippen molar-refractivity contribution in [3.05, 3.63) is 16.5 Å². The first-order valence-corrected chi connectivity index (χ1v) is 6.72. The minimum Gasteiger partial charge on any atom is -0.467 e. The molecular weight excluding hydrogens is 276 g/mol. The van der Waals surface area contributed by atoms with Gasteiger partial charge in [-0.05, 0) is 25.0 Å². The standard InChI is InChI=1S/C11H13ClN2O3S/c1-17-10(15)7-3-2-6-14(7)11(16)13-9-5-4-8(12)18-9/h4-5,7H,2-3,6H2,1H3,(H,13,16)/t7-/m1/s1. The quantitative estimate of drug-likeness (QED) is 0.851. The summed E-state index contributed by atoms with van der Waals surface area (Å²) in [4.78, 5) is 25.0. The molecule has 1 atom stereocenters. The SMILES string of the molecule is COC(=O)[C@H]1CCCN1C(=O)Nc1ccc(Cl)s1. The maximum Gasteiger partial charge on any atom is 0.328 e. The maximum absolute atomic E-state index is 12.0. The summed E-state index contributed by atoms with van der Waals surface area (Å²) in [6.45, 7) is 0.560. The molecule has 2 amide bonds. The topological polar surface area (TPSA) is 58.6 Å². The number of ether oxygens (including phenoxy) is 1. The number of amides is 2. The van der Waals surface area contributed by atoms with E-state index in [2.05, 4.69) is 10.1 Å². The van der Waals surface area contributed by atoms with Crippen LogP contribution in [0.3, 0.4) is 0 Å². The van der Waals surface area contributed by atoms with Crippen molar-refractivity contribution >= 4 is 39.9 Å². The molecule has 18 heavy (non-hydrogen) atoms. The zero-order valence-corrected chi connectivity index (χ0v) is 11.4. The molecule has 98 valence electrons. The van der Waals surface area contributed by atoms with E-state index in [-0.39, 0.29) is 12.0 Å². The van der Waals surface area contributed by atoms with E-state index in [4.69, 9.17) is 11.6 Å². The van der Waals surface area contributed by atoms with Gasteiger partial charge >= 0.3 is 12.0 Å². The van der Waals surface area contributed by atoms with Crippen molar-refractivity contribution in [2.45, 2.75) is 18.9 Å². The highest BCUT2D eigenvalue weighted by atomic mass is 35.5. The van der Waals surface area contributed by atoms with Crippen molar-refractivity contribution in [3.8, 4) is 0 Å². The number of halogens is 1. The van der Waals surface area contributed by atoms with Crippen LogP contribution in [0.15, 0.2) is 12.1 Å². The summed E-state index contributed by atoms with van der Waals surface area (Å²) < 4.78 is 5.30. The smallest absolute Gasteiger partial charge is 0.328 e. The number of likely N-dealkylation sites (tertiary alicyclic amines) is 1. The summed E-state index contributed by atoms with van der Waals surface area (Å²) in [5.74, 6) is -0.369. The monoisotopic (exact) mass is 288 g/mol. The molecule has 0 spiro atoms. The molecule has 1 saturated heterocycles. The Balaban J connectivity index is 2.02. The van der Waals surface area contributed by atoms with Gasteiger partial charge in [-0.25, -0.2) is 9.59 Å². The van der Waals surface area contributed by atoms with Gasteiger partial charge in [0.1, 0.15) is 6.04 Å². The largest absolute Gasteiger partial charge is 0.467 e. The number of esters is 1. The summed E-state index contributed by atoms with van der Waals surface area (Å²) in [5, 5.41) is 3.39. The Hall–Kier alpha value is -1.27. The van der Waals surface area contributed by atoms with Gasteiger partial charge in [0.25, 0.3) is 0 Å². The fourth-order valence-corrected chi connectivity index (χ4v) is 2.88. The second-order valence-electron chi connectivity index (χ2n) is 3.91. The number of rotatable bonds is 2. The normalized spacial score (nSPS) is 18.8. The van der Waals surface area contributed by atoms with Crippen molar-refractivity contribution < 1.29 is 14.3 Å². The molecule has 0 aliphatic carbocycles. The second-order valence-corrected chi connectivity index (χ2v) is 5.62. The first-order chi connectivity index (χ1) is 8.61. The Labute approximate surface area is 114 Å². The van der Waals surface area contributed by atoms with Crippen molar-refractivity contribution in [3.63, 3.8) is 0 Å². The van der Waals surface area contributed by atoms with Crippen LogP contribution >= 0.6 is 22.9 Å². The Morgan fingerprint density at radius 2 is 2.33 bits per heavy atom. The van der Waals surface area contributed by atoms with Crippen molar-refractivity contribution in [1.29, 1.82) is 0 Å². The van der Waals surface area contributed by atoms with E-state index in [0.717, 1.165) is 6.42 Å². The van der Waals surface area contributed by atoms with E-state index in [1.807, 2.05) is 0 Å². The Kier molecular flexibility index (Phi) is 4.08. The van der Waals surface area contributed by atoms with Crippen LogP contribution in [0.4, 0.5) is 9.80 Å². The molecule has 7 heteroatoms. The molecule has 0 aromatic carbocycles. The molecule has 0 unspecified atom stereocenters. The number of urea groups is 1. The molecule has 5 nitrogen and oxygen atoms in total. The van der Waals surface area contributed by atoms with Crippen LogP contribution in [-0.4, -0.2) is 36.6 Å². The molecule has 2 heterocycles. The fourth-order valence-electron chi connectivity index (χ4n) is 1.95. The van der Waals surface area contributed by atoms with Gasteiger partial charge in [0.05, 0.1) is 16.4 Å². The van der Waals surface area contributed by atoms with Crippen molar-refractivity contribution in [1.82, 2.24) is 4.90 Å². The van der Waals surface area contributed by atoms with Crippen LogP contribution in [0, 0.1) is 0 Å². The summed E-state index contributed by atoms with van der Waals surface area (Å²) in [6.07, 6.45) is 1.45. The van der Waals surface area contributed by atoms with Gasteiger partial charge in [-0.1, -0.05) is 11.6 Å².